The first-order valence-electron chi connectivity index (χ1n) is 15.1. The van der Waals surface area contributed by atoms with Gasteiger partial charge in [-0.2, -0.15) is 5.26 Å². The Morgan fingerprint density at radius 3 is 2.52 bits per heavy atom. The van der Waals surface area contributed by atoms with Gasteiger partial charge in [-0.1, -0.05) is 60.7 Å². The van der Waals surface area contributed by atoms with Crippen LogP contribution in [0.25, 0.3) is 11.1 Å². The number of hydrogen-bond acceptors (Lipinski definition) is 5. The minimum atomic E-state index is 0.182. The number of aliphatic hydroxyl groups excluding tert-OH is 1. The van der Waals surface area contributed by atoms with Crippen LogP contribution in [-0.4, -0.2) is 29.2 Å². The summed E-state index contributed by atoms with van der Waals surface area (Å²) in [5.74, 6) is 1.74. The molecular weight excluding hydrogens is 520 g/mol. The molecule has 1 aliphatic carbocycles. The first-order chi connectivity index (χ1) is 20.6. The Labute approximate surface area is 249 Å². The first kappa shape index (κ1) is 28.0. The van der Waals surface area contributed by atoms with Crippen molar-refractivity contribution in [2.75, 3.05) is 13.2 Å². The zero-order valence-corrected chi connectivity index (χ0v) is 24.3. The third-order valence-electron chi connectivity index (χ3n) is 8.87. The number of fused-ring (bicyclic) bond motifs is 1. The van der Waals surface area contributed by atoms with Gasteiger partial charge in [-0.15, -0.1) is 0 Å². The number of nitrogens with zero attached hydrogens (tertiary/aromatic N) is 2. The van der Waals surface area contributed by atoms with Gasteiger partial charge in [0, 0.05) is 24.2 Å². The van der Waals surface area contributed by atoms with Crippen LogP contribution in [-0.2, 0) is 32.6 Å². The van der Waals surface area contributed by atoms with E-state index in [9.17, 15) is 10.4 Å². The number of nitriles is 1. The number of likely N-dealkylation sites (tertiary alicyclic amines) is 1. The number of benzene rings is 4. The second kappa shape index (κ2) is 12.8. The van der Waals surface area contributed by atoms with Crippen molar-refractivity contribution in [3.05, 3.63) is 118 Å². The van der Waals surface area contributed by atoms with Crippen LogP contribution in [0.15, 0.2) is 78.9 Å². The van der Waals surface area contributed by atoms with E-state index in [1.165, 1.54) is 38.9 Å². The van der Waals surface area contributed by atoms with Gasteiger partial charge >= 0.3 is 0 Å². The maximum atomic E-state index is 10.00. The van der Waals surface area contributed by atoms with Gasteiger partial charge < -0.3 is 14.6 Å². The lowest BCUT2D eigenvalue weighted by molar-refractivity contribution is 0.151. The molecule has 0 radical (unpaired) electrons. The molecule has 1 unspecified atom stereocenters. The fraction of sp³-hybridized carbons (Fsp3) is 0.324. The topological polar surface area (TPSA) is 65.7 Å². The van der Waals surface area contributed by atoms with Crippen molar-refractivity contribution in [1.29, 1.82) is 5.26 Å². The minimum Gasteiger partial charge on any atom is -0.488 e. The molecule has 5 nitrogen and oxygen atoms in total. The molecule has 0 bridgehead atoms. The third kappa shape index (κ3) is 5.92. The van der Waals surface area contributed by atoms with Crippen molar-refractivity contribution >= 4 is 0 Å². The van der Waals surface area contributed by atoms with E-state index in [4.69, 9.17) is 9.47 Å². The van der Waals surface area contributed by atoms with Gasteiger partial charge in [-0.05, 0) is 96.6 Å². The highest BCUT2D eigenvalue weighted by Gasteiger charge is 2.29. The molecule has 1 saturated heterocycles. The summed E-state index contributed by atoms with van der Waals surface area (Å²) in [6.07, 6.45) is 5.22. The molecule has 6 rings (SSSR count). The largest absolute Gasteiger partial charge is 0.488 e. The van der Waals surface area contributed by atoms with E-state index in [1.54, 1.807) is 0 Å². The molecule has 214 valence electrons. The van der Waals surface area contributed by atoms with Crippen LogP contribution in [0.5, 0.6) is 11.5 Å². The van der Waals surface area contributed by atoms with Crippen LogP contribution in [0.2, 0.25) is 0 Å². The summed E-state index contributed by atoms with van der Waals surface area (Å²) in [6.45, 7) is 4.97. The van der Waals surface area contributed by atoms with Gasteiger partial charge in [0.05, 0.1) is 18.2 Å². The summed E-state index contributed by atoms with van der Waals surface area (Å²) < 4.78 is 13.2. The second-order valence-electron chi connectivity index (χ2n) is 11.5. The molecule has 5 heteroatoms. The van der Waals surface area contributed by atoms with Gasteiger partial charge in [0.25, 0.3) is 0 Å². The molecule has 1 atom stereocenters. The molecule has 0 aromatic heterocycles. The lowest BCUT2D eigenvalue weighted by Gasteiger charge is -2.26. The predicted octanol–water partition coefficient (Wildman–Crippen LogP) is 7.14. The summed E-state index contributed by atoms with van der Waals surface area (Å²) in [5.41, 5.74) is 10.3. The Hall–Kier alpha value is -4.11. The zero-order chi connectivity index (χ0) is 28.9. The van der Waals surface area contributed by atoms with E-state index in [1.807, 2.05) is 30.3 Å². The van der Waals surface area contributed by atoms with Gasteiger partial charge in [-0.3, -0.25) is 4.90 Å². The summed E-state index contributed by atoms with van der Waals surface area (Å²) in [6, 6.07) is 29.0. The summed E-state index contributed by atoms with van der Waals surface area (Å²) >= 11 is 0. The van der Waals surface area contributed by atoms with Crippen molar-refractivity contribution < 1.29 is 14.6 Å². The SMILES string of the molecule is Cc1c(COc2cc(OCc3cccc(C#N)c3)c(CN3CCCC3CO)c3c2CCC3)cccc1-c1ccccc1. The van der Waals surface area contributed by atoms with E-state index >= 15 is 0 Å². The second-order valence-corrected chi connectivity index (χ2v) is 11.5. The average Bonchev–Trinajstić information content (AvgIpc) is 3.71. The molecular formula is C37H38N2O3. The van der Waals surface area contributed by atoms with Gasteiger partial charge in [0.1, 0.15) is 24.7 Å². The Morgan fingerprint density at radius 2 is 1.69 bits per heavy atom. The van der Waals surface area contributed by atoms with Crippen LogP contribution >= 0.6 is 0 Å². The molecule has 1 heterocycles. The summed E-state index contributed by atoms with van der Waals surface area (Å²) in [4.78, 5) is 2.40. The summed E-state index contributed by atoms with van der Waals surface area (Å²) in [7, 11) is 0. The maximum absolute atomic E-state index is 10.00. The highest BCUT2D eigenvalue weighted by atomic mass is 16.5. The Balaban J connectivity index is 1.31. The first-order valence-corrected chi connectivity index (χ1v) is 15.1. The van der Waals surface area contributed by atoms with Crippen molar-refractivity contribution in [2.45, 2.75) is 64.8 Å². The van der Waals surface area contributed by atoms with Gasteiger partial charge in [0.15, 0.2) is 0 Å². The molecule has 4 aromatic rings. The smallest absolute Gasteiger partial charge is 0.128 e. The highest BCUT2D eigenvalue weighted by molar-refractivity contribution is 5.68. The van der Waals surface area contributed by atoms with Crippen LogP contribution < -0.4 is 9.47 Å². The Morgan fingerprint density at radius 1 is 0.881 bits per heavy atom. The maximum Gasteiger partial charge on any atom is 0.128 e. The monoisotopic (exact) mass is 558 g/mol. The molecule has 42 heavy (non-hydrogen) atoms. The van der Waals surface area contributed by atoms with Crippen LogP contribution in [0, 0.1) is 18.3 Å². The zero-order valence-electron chi connectivity index (χ0n) is 24.3. The minimum absolute atomic E-state index is 0.182. The van der Waals surface area contributed by atoms with E-state index in [-0.39, 0.29) is 12.6 Å². The molecule has 1 aliphatic heterocycles. The predicted molar refractivity (Wildman–Crippen MR) is 165 cm³/mol. The van der Waals surface area contributed by atoms with Gasteiger partial charge in [-0.25, -0.2) is 0 Å². The number of hydrogen-bond donors (Lipinski definition) is 1. The van der Waals surface area contributed by atoms with Crippen LogP contribution in [0.1, 0.15) is 58.2 Å². The van der Waals surface area contributed by atoms with Gasteiger partial charge in [0.2, 0.25) is 0 Å². The fourth-order valence-electron chi connectivity index (χ4n) is 6.55. The van der Waals surface area contributed by atoms with E-state index in [0.29, 0.717) is 18.8 Å². The van der Waals surface area contributed by atoms with Crippen LogP contribution in [0.4, 0.5) is 0 Å². The lowest BCUT2D eigenvalue weighted by atomic mass is 9.97. The van der Waals surface area contributed by atoms with Crippen molar-refractivity contribution in [3.8, 4) is 28.7 Å². The molecule has 0 spiro atoms. The van der Waals surface area contributed by atoms with E-state index in [0.717, 1.165) is 62.3 Å². The molecule has 0 amide bonds. The molecule has 1 fully saturated rings. The third-order valence-corrected chi connectivity index (χ3v) is 8.87. The van der Waals surface area contributed by atoms with E-state index in [2.05, 4.69) is 66.4 Å². The Bertz CT molecular complexity index is 1590. The van der Waals surface area contributed by atoms with Crippen molar-refractivity contribution in [1.82, 2.24) is 4.90 Å². The van der Waals surface area contributed by atoms with Crippen LogP contribution in [0.3, 0.4) is 0 Å². The van der Waals surface area contributed by atoms with E-state index < -0.39 is 0 Å². The highest BCUT2D eigenvalue weighted by Crippen LogP contribution is 2.41. The fourth-order valence-corrected chi connectivity index (χ4v) is 6.55. The van der Waals surface area contributed by atoms with Crippen molar-refractivity contribution in [3.63, 3.8) is 0 Å². The number of rotatable bonds is 10. The number of ether oxygens (including phenoxy) is 2. The average molecular weight is 559 g/mol. The molecule has 1 N–H and O–H groups in total. The lowest BCUT2D eigenvalue weighted by Crippen LogP contribution is -2.32. The van der Waals surface area contributed by atoms with Crippen molar-refractivity contribution in [2.24, 2.45) is 0 Å². The standard InChI is InChI=1S/C37H38N2O3/c1-26-30(13-6-15-32(26)29-11-3-2-4-12-29)25-42-36-20-37(41-24-28-10-5-9-27(19-28)21-38)35(33-16-7-17-34(33)36)22-39-18-8-14-31(39)23-40/h2-6,9-13,15,19-20,31,40H,7-8,14,16-18,22-25H2,1H3. The summed E-state index contributed by atoms with van der Waals surface area (Å²) in [5, 5.41) is 19.4. The number of aliphatic hydroxyl groups is 1. The molecule has 0 saturated carbocycles. The normalized spacial score (nSPS) is 16.3. The quantitative estimate of drug-likeness (QED) is 0.224. The molecule has 4 aromatic carbocycles. The Kier molecular flexibility index (Phi) is 8.55. The molecule has 2 aliphatic rings.